The summed E-state index contributed by atoms with van der Waals surface area (Å²) in [5.41, 5.74) is 2.33. The monoisotopic (exact) mass is 365 g/mol. The van der Waals surface area contributed by atoms with Crippen LogP contribution in [0.4, 0.5) is 5.69 Å². The van der Waals surface area contributed by atoms with Gasteiger partial charge in [-0.3, -0.25) is 9.59 Å². The van der Waals surface area contributed by atoms with Gasteiger partial charge in [-0.25, -0.2) is 0 Å². The zero-order chi connectivity index (χ0) is 17.7. The van der Waals surface area contributed by atoms with Crippen LogP contribution in [0.5, 0.6) is 0 Å². The van der Waals surface area contributed by atoms with Crippen LogP contribution in [-0.4, -0.2) is 18.0 Å². The molecule has 24 heavy (non-hydrogen) atoms. The maximum Gasteiger partial charge on any atom is 0.311 e. The molecule has 0 bridgehead atoms. The molecule has 0 unspecified atom stereocenters. The largest absolute Gasteiger partial charge is 0.452 e. The molecule has 0 aliphatic rings. The first-order valence-electron chi connectivity index (χ1n) is 7.36. The number of amides is 1. The number of carbonyl (C=O) groups is 2. The first-order valence-corrected chi connectivity index (χ1v) is 8.11. The van der Waals surface area contributed by atoms with E-state index in [1.807, 2.05) is 19.1 Å². The van der Waals surface area contributed by atoms with Crippen molar-refractivity contribution in [3.05, 3.63) is 63.6 Å². The highest BCUT2D eigenvalue weighted by molar-refractivity contribution is 6.35. The highest BCUT2D eigenvalue weighted by atomic mass is 35.5. The molecule has 1 atom stereocenters. The van der Waals surface area contributed by atoms with Gasteiger partial charge in [0.05, 0.1) is 6.42 Å². The number of anilines is 1. The number of nitrogens with one attached hydrogen (secondary N) is 1. The third-order valence-electron chi connectivity index (χ3n) is 3.35. The molecular formula is C18H17Cl2NO3. The van der Waals surface area contributed by atoms with E-state index in [1.54, 1.807) is 30.3 Å². The van der Waals surface area contributed by atoms with Crippen LogP contribution < -0.4 is 5.32 Å². The van der Waals surface area contributed by atoms with Gasteiger partial charge in [-0.15, -0.1) is 0 Å². The number of aryl methyl sites for hydroxylation is 1. The maximum absolute atomic E-state index is 12.1. The van der Waals surface area contributed by atoms with Gasteiger partial charge in [0.2, 0.25) is 0 Å². The van der Waals surface area contributed by atoms with Crippen LogP contribution in [0.1, 0.15) is 18.1 Å². The Morgan fingerprint density at radius 2 is 1.79 bits per heavy atom. The number of carbonyl (C=O) groups excluding carboxylic acids is 2. The van der Waals surface area contributed by atoms with Crippen molar-refractivity contribution >= 4 is 40.8 Å². The second-order valence-corrected chi connectivity index (χ2v) is 6.24. The van der Waals surface area contributed by atoms with Gasteiger partial charge in [0, 0.05) is 15.7 Å². The summed E-state index contributed by atoms with van der Waals surface area (Å²) in [6.45, 7) is 3.47. The molecule has 6 heteroatoms. The second kappa shape index (κ2) is 8.18. The van der Waals surface area contributed by atoms with Crippen LogP contribution in [0.2, 0.25) is 10.0 Å². The molecule has 0 heterocycles. The first kappa shape index (κ1) is 18.3. The minimum atomic E-state index is -0.912. The number of halogens is 2. The van der Waals surface area contributed by atoms with E-state index in [-0.39, 0.29) is 6.42 Å². The first-order chi connectivity index (χ1) is 11.3. The van der Waals surface area contributed by atoms with Crippen molar-refractivity contribution in [3.8, 4) is 0 Å². The van der Waals surface area contributed by atoms with E-state index in [9.17, 15) is 9.59 Å². The van der Waals surface area contributed by atoms with Crippen molar-refractivity contribution < 1.29 is 14.3 Å². The van der Waals surface area contributed by atoms with Crippen LogP contribution in [0, 0.1) is 6.92 Å². The van der Waals surface area contributed by atoms with E-state index in [0.717, 1.165) is 5.56 Å². The summed E-state index contributed by atoms with van der Waals surface area (Å²) in [5.74, 6) is -0.930. The number of hydrogen-bond acceptors (Lipinski definition) is 3. The Balaban J connectivity index is 1.90. The Kier molecular flexibility index (Phi) is 6.23. The summed E-state index contributed by atoms with van der Waals surface area (Å²) in [7, 11) is 0. The molecule has 0 aliphatic carbocycles. The average molecular weight is 366 g/mol. The highest BCUT2D eigenvalue weighted by Gasteiger charge is 2.19. The van der Waals surface area contributed by atoms with Crippen molar-refractivity contribution in [2.45, 2.75) is 26.4 Å². The molecule has 1 N–H and O–H groups in total. The average Bonchev–Trinajstić information content (AvgIpc) is 2.52. The van der Waals surface area contributed by atoms with Crippen molar-refractivity contribution in [3.63, 3.8) is 0 Å². The summed E-state index contributed by atoms with van der Waals surface area (Å²) < 4.78 is 5.15. The molecule has 0 aliphatic heterocycles. The van der Waals surface area contributed by atoms with Crippen molar-refractivity contribution in [1.82, 2.24) is 0 Å². The fourth-order valence-corrected chi connectivity index (χ4v) is 2.47. The highest BCUT2D eigenvalue weighted by Crippen LogP contribution is 2.21. The lowest BCUT2D eigenvalue weighted by Crippen LogP contribution is -2.30. The maximum atomic E-state index is 12.1. The van der Waals surface area contributed by atoms with E-state index in [2.05, 4.69) is 5.32 Å². The third kappa shape index (κ3) is 5.25. The Labute approximate surface area is 150 Å². The lowest BCUT2D eigenvalue weighted by molar-refractivity contribution is -0.152. The molecule has 2 aromatic rings. The Hall–Kier alpha value is -2.04. The predicted molar refractivity (Wildman–Crippen MR) is 95.5 cm³/mol. The van der Waals surface area contributed by atoms with Crippen molar-refractivity contribution in [1.29, 1.82) is 0 Å². The lowest BCUT2D eigenvalue weighted by atomic mass is 10.1. The zero-order valence-electron chi connectivity index (χ0n) is 13.3. The van der Waals surface area contributed by atoms with Crippen molar-refractivity contribution in [2.75, 3.05) is 5.32 Å². The van der Waals surface area contributed by atoms with Crippen LogP contribution >= 0.6 is 23.2 Å². The lowest BCUT2D eigenvalue weighted by Gasteiger charge is -2.14. The number of rotatable bonds is 5. The molecule has 0 aromatic heterocycles. The summed E-state index contributed by atoms with van der Waals surface area (Å²) in [6.07, 6.45) is -0.942. The predicted octanol–water partition coefficient (Wildman–Crippen LogP) is 4.41. The molecule has 0 saturated heterocycles. The second-order valence-electron chi connectivity index (χ2n) is 5.40. The van der Waals surface area contributed by atoms with Crippen LogP contribution in [0.3, 0.4) is 0 Å². The topological polar surface area (TPSA) is 55.4 Å². The number of hydrogen-bond donors (Lipinski definition) is 1. The molecule has 2 aromatic carbocycles. The quantitative estimate of drug-likeness (QED) is 0.798. The van der Waals surface area contributed by atoms with Gasteiger partial charge in [0.25, 0.3) is 5.91 Å². The summed E-state index contributed by atoms with van der Waals surface area (Å²) >= 11 is 11.8. The fourth-order valence-electron chi connectivity index (χ4n) is 1.99. The van der Waals surface area contributed by atoms with Gasteiger partial charge in [-0.05, 0) is 43.7 Å². The van der Waals surface area contributed by atoms with E-state index in [0.29, 0.717) is 21.3 Å². The Morgan fingerprint density at radius 1 is 1.12 bits per heavy atom. The van der Waals surface area contributed by atoms with Gasteiger partial charge < -0.3 is 10.1 Å². The van der Waals surface area contributed by atoms with E-state index in [4.69, 9.17) is 27.9 Å². The molecular weight excluding hydrogens is 349 g/mol. The number of benzene rings is 2. The molecule has 4 nitrogen and oxygen atoms in total. The van der Waals surface area contributed by atoms with Gasteiger partial charge >= 0.3 is 5.97 Å². The van der Waals surface area contributed by atoms with Crippen LogP contribution in [-0.2, 0) is 20.7 Å². The Bertz CT molecular complexity index is 744. The Morgan fingerprint density at radius 3 is 2.42 bits per heavy atom. The summed E-state index contributed by atoms with van der Waals surface area (Å²) in [5, 5.41) is 3.57. The van der Waals surface area contributed by atoms with Gasteiger partial charge in [0.15, 0.2) is 6.10 Å². The minimum absolute atomic E-state index is 0.0296. The van der Waals surface area contributed by atoms with Crippen LogP contribution in [0.15, 0.2) is 42.5 Å². The fraction of sp³-hybridized carbons (Fsp3) is 0.222. The molecule has 2 rings (SSSR count). The number of ether oxygens (including phenoxy) is 1. The molecule has 0 radical (unpaired) electrons. The normalized spacial score (nSPS) is 11.7. The molecule has 0 spiro atoms. The van der Waals surface area contributed by atoms with Gasteiger partial charge in [0.1, 0.15) is 0 Å². The molecule has 126 valence electrons. The molecule has 1 amide bonds. The SMILES string of the molecule is Cc1ccc(NC(=O)[C@H](C)OC(=O)Cc2ccc(Cl)cc2Cl)cc1. The minimum Gasteiger partial charge on any atom is -0.452 e. The third-order valence-corrected chi connectivity index (χ3v) is 3.93. The zero-order valence-corrected chi connectivity index (χ0v) is 14.8. The summed E-state index contributed by atoms with van der Waals surface area (Å²) in [4.78, 5) is 24.0. The van der Waals surface area contributed by atoms with Gasteiger partial charge in [-0.1, -0.05) is 47.0 Å². The molecule has 0 saturated carbocycles. The standard InChI is InChI=1S/C18H17Cl2NO3/c1-11-3-7-15(8-4-11)21-18(23)12(2)24-17(22)9-13-5-6-14(19)10-16(13)20/h3-8,10,12H,9H2,1-2H3,(H,21,23)/t12-/m0/s1. The summed E-state index contributed by atoms with van der Waals surface area (Å²) in [6, 6.07) is 12.2. The van der Waals surface area contributed by atoms with E-state index < -0.39 is 18.0 Å². The van der Waals surface area contributed by atoms with Gasteiger partial charge in [-0.2, -0.15) is 0 Å². The number of esters is 1. The van der Waals surface area contributed by atoms with E-state index in [1.165, 1.54) is 6.92 Å². The van der Waals surface area contributed by atoms with Crippen molar-refractivity contribution in [2.24, 2.45) is 0 Å². The smallest absolute Gasteiger partial charge is 0.311 e. The van der Waals surface area contributed by atoms with Crippen LogP contribution in [0.25, 0.3) is 0 Å². The van der Waals surface area contributed by atoms with E-state index >= 15 is 0 Å². The molecule has 0 fully saturated rings.